The standard InChI is InChI=1S/C22H18N2O7/c23-5-1-2-9-3-4-13(25)16-12(9)7-10-6-11-8-14(26)17(21(24)30)20(29)22(11,31)19(28)15(10)18(16)27/h1-4,10-11,25-26,28,31H,6-8H2,(H2,24,30)/b2-1+/t10-,11+,22+/m1/s1. The third-order valence-corrected chi connectivity index (χ3v) is 6.32. The number of allylic oxidation sites excluding steroid dienone is 3. The third kappa shape index (κ3) is 2.69. The number of hydrogen-bond donors (Lipinski definition) is 5. The highest BCUT2D eigenvalue weighted by Crippen LogP contribution is 2.51. The van der Waals surface area contributed by atoms with Crippen LogP contribution in [0.4, 0.5) is 0 Å². The van der Waals surface area contributed by atoms with E-state index in [-0.39, 0.29) is 36.1 Å². The zero-order chi connectivity index (χ0) is 22.7. The molecule has 0 bridgehead atoms. The van der Waals surface area contributed by atoms with Crippen LogP contribution in [-0.2, 0) is 16.0 Å². The number of rotatable bonds is 2. The van der Waals surface area contributed by atoms with E-state index >= 15 is 0 Å². The number of amides is 1. The van der Waals surface area contributed by atoms with Crippen molar-refractivity contribution in [3.05, 3.63) is 57.6 Å². The maximum Gasteiger partial charge on any atom is 0.255 e. The lowest BCUT2D eigenvalue weighted by molar-refractivity contribution is -0.144. The smallest absolute Gasteiger partial charge is 0.255 e. The fourth-order valence-electron chi connectivity index (χ4n) is 4.93. The fraction of sp³-hybridized carbons (Fsp3) is 0.273. The maximum absolute atomic E-state index is 13.3. The lowest BCUT2D eigenvalue weighted by Crippen LogP contribution is -2.57. The van der Waals surface area contributed by atoms with Crippen molar-refractivity contribution in [2.45, 2.75) is 24.9 Å². The van der Waals surface area contributed by atoms with E-state index in [4.69, 9.17) is 11.0 Å². The number of ketones is 2. The number of hydrogen-bond acceptors (Lipinski definition) is 8. The molecule has 3 aliphatic rings. The van der Waals surface area contributed by atoms with Gasteiger partial charge in [-0.3, -0.25) is 14.4 Å². The van der Waals surface area contributed by atoms with Gasteiger partial charge in [-0.15, -0.1) is 0 Å². The number of carbonyl (C=O) groups is 3. The van der Waals surface area contributed by atoms with Crippen LogP contribution >= 0.6 is 0 Å². The van der Waals surface area contributed by atoms with Gasteiger partial charge in [0.25, 0.3) is 5.91 Å². The molecule has 0 unspecified atom stereocenters. The quantitative estimate of drug-likeness (QED) is 0.347. The molecule has 31 heavy (non-hydrogen) atoms. The number of benzene rings is 1. The molecule has 0 aromatic heterocycles. The number of nitrogens with zero attached hydrogens (tertiary/aromatic N) is 1. The van der Waals surface area contributed by atoms with E-state index < -0.39 is 52.0 Å². The minimum atomic E-state index is -2.58. The number of carbonyl (C=O) groups excluding carboxylic acids is 3. The number of phenolic OH excluding ortho intramolecular Hbond substituents is 1. The normalized spacial score (nSPS) is 27.6. The summed E-state index contributed by atoms with van der Waals surface area (Å²) in [6, 6.07) is 4.70. The second kappa shape index (κ2) is 6.82. The average Bonchev–Trinajstić information content (AvgIpc) is 2.70. The molecule has 9 heteroatoms. The molecule has 1 aromatic rings. The van der Waals surface area contributed by atoms with Crippen molar-refractivity contribution in [3.63, 3.8) is 0 Å². The van der Waals surface area contributed by atoms with Crippen molar-refractivity contribution in [2.75, 3.05) is 0 Å². The molecule has 4 rings (SSSR count). The minimum Gasteiger partial charge on any atom is -0.511 e. The predicted molar refractivity (Wildman–Crippen MR) is 105 cm³/mol. The molecule has 1 aromatic carbocycles. The Morgan fingerprint density at radius 2 is 1.94 bits per heavy atom. The van der Waals surface area contributed by atoms with E-state index in [0.29, 0.717) is 11.1 Å². The highest BCUT2D eigenvalue weighted by molar-refractivity contribution is 6.24. The predicted octanol–water partition coefficient (Wildman–Crippen LogP) is 1.12. The number of nitriles is 1. The molecule has 6 N–H and O–H groups in total. The first-order valence-electron chi connectivity index (χ1n) is 9.51. The summed E-state index contributed by atoms with van der Waals surface area (Å²) < 4.78 is 0. The van der Waals surface area contributed by atoms with Crippen LogP contribution in [0.2, 0.25) is 0 Å². The van der Waals surface area contributed by atoms with Crippen LogP contribution in [0, 0.1) is 23.2 Å². The highest BCUT2D eigenvalue weighted by Gasteiger charge is 2.59. The second-order valence-electron chi connectivity index (χ2n) is 7.90. The monoisotopic (exact) mass is 422 g/mol. The molecule has 1 amide bonds. The van der Waals surface area contributed by atoms with E-state index in [1.54, 1.807) is 6.07 Å². The van der Waals surface area contributed by atoms with Crippen LogP contribution in [0.1, 0.15) is 34.3 Å². The van der Waals surface area contributed by atoms with Crippen LogP contribution in [0.25, 0.3) is 6.08 Å². The van der Waals surface area contributed by atoms with Gasteiger partial charge in [0, 0.05) is 24.0 Å². The number of aliphatic hydroxyl groups is 3. The highest BCUT2D eigenvalue weighted by atomic mass is 16.3. The summed E-state index contributed by atoms with van der Waals surface area (Å²) in [5, 5.41) is 51.3. The van der Waals surface area contributed by atoms with Gasteiger partial charge in [-0.05, 0) is 42.0 Å². The van der Waals surface area contributed by atoms with Crippen LogP contribution < -0.4 is 5.73 Å². The van der Waals surface area contributed by atoms with Gasteiger partial charge in [-0.2, -0.15) is 5.26 Å². The van der Waals surface area contributed by atoms with E-state index in [1.807, 2.05) is 6.07 Å². The van der Waals surface area contributed by atoms with Gasteiger partial charge >= 0.3 is 0 Å². The Morgan fingerprint density at radius 1 is 1.23 bits per heavy atom. The van der Waals surface area contributed by atoms with E-state index in [2.05, 4.69) is 0 Å². The first kappa shape index (κ1) is 20.4. The first-order chi connectivity index (χ1) is 14.6. The Kier molecular flexibility index (Phi) is 4.48. The average molecular weight is 422 g/mol. The van der Waals surface area contributed by atoms with Crippen molar-refractivity contribution in [1.29, 1.82) is 5.26 Å². The summed E-state index contributed by atoms with van der Waals surface area (Å²) >= 11 is 0. The summed E-state index contributed by atoms with van der Waals surface area (Å²) in [6.45, 7) is 0. The number of aromatic hydroxyl groups is 1. The van der Waals surface area contributed by atoms with Crippen LogP contribution in [-0.4, -0.2) is 43.5 Å². The van der Waals surface area contributed by atoms with E-state index in [1.165, 1.54) is 18.2 Å². The van der Waals surface area contributed by atoms with Crippen molar-refractivity contribution in [1.82, 2.24) is 0 Å². The molecule has 0 saturated heterocycles. The Bertz CT molecular complexity index is 1200. The minimum absolute atomic E-state index is 0.0555. The van der Waals surface area contributed by atoms with Gasteiger partial charge in [-0.1, -0.05) is 6.07 Å². The molecule has 3 aliphatic carbocycles. The zero-order valence-electron chi connectivity index (χ0n) is 16.1. The number of phenols is 1. The van der Waals surface area contributed by atoms with Crippen molar-refractivity contribution in [3.8, 4) is 11.8 Å². The number of nitrogens with two attached hydrogens (primary N) is 1. The van der Waals surface area contributed by atoms with Gasteiger partial charge in [0.2, 0.25) is 5.78 Å². The molecule has 0 fully saturated rings. The molecular weight excluding hydrogens is 404 g/mol. The summed E-state index contributed by atoms with van der Waals surface area (Å²) in [5.41, 5.74) is 2.48. The molecule has 9 nitrogen and oxygen atoms in total. The molecular formula is C22H18N2O7. The zero-order valence-corrected chi connectivity index (χ0v) is 16.1. The van der Waals surface area contributed by atoms with E-state index in [9.17, 15) is 34.8 Å². The number of aliphatic hydroxyl groups excluding tert-OH is 2. The third-order valence-electron chi connectivity index (χ3n) is 6.32. The Balaban J connectivity index is 1.91. The van der Waals surface area contributed by atoms with E-state index in [0.717, 1.165) is 0 Å². The van der Waals surface area contributed by atoms with Gasteiger partial charge in [0.1, 0.15) is 22.8 Å². The Morgan fingerprint density at radius 3 is 2.58 bits per heavy atom. The van der Waals surface area contributed by atoms with Crippen LogP contribution in [0.15, 0.2) is 40.9 Å². The molecule has 0 saturated carbocycles. The number of primary amides is 1. The summed E-state index contributed by atoms with van der Waals surface area (Å²) in [5.74, 6) is -6.66. The number of Topliss-reactive ketones (excluding diaryl/α,β-unsaturated/α-hetero) is 2. The summed E-state index contributed by atoms with van der Waals surface area (Å²) in [4.78, 5) is 37.7. The van der Waals surface area contributed by atoms with Crippen LogP contribution in [0.3, 0.4) is 0 Å². The molecule has 0 spiro atoms. The van der Waals surface area contributed by atoms with Crippen molar-refractivity contribution >= 4 is 23.5 Å². The topological polar surface area (TPSA) is 182 Å². The van der Waals surface area contributed by atoms with Gasteiger partial charge < -0.3 is 26.2 Å². The summed E-state index contributed by atoms with van der Waals surface area (Å²) in [6.07, 6.45) is 2.69. The van der Waals surface area contributed by atoms with Gasteiger partial charge in [0.05, 0.1) is 11.6 Å². The van der Waals surface area contributed by atoms with Gasteiger partial charge in [0.15, 0.2) is 11.4 Å². The molecule has 158 valence electrons. The molecule has 0 heterocycles. The fourth-order valence-corrected chi connectivity index (χ4v) is 4.93. The van der Waals surface area contributed by atoms with Gasteiger partial charge in [-0.25, -0.2) is 0 Å². The lowest BCUT2D eigenvalue weighted by atomic mass is 9.60. The largest absolute Gasteiger partial charge is 0.511 e. The lowest BCUT2D eigenvalue weighted by Gasteiger charge is -2.45. The van der Waals surface area contributed by atoms with Crippen LogP contribution in [0.5, 0.6) is 5.75 Å². The van der Waals surface area contributed by atoms with Crippen molar-refractivity contribution in [2.24, 2.45) is 17.6 Å². The van der Waals surface area contributed by atoms with Crippen molar-refractivity contribution < 1.29 is 34.8 Å². The SMILES string of the molecule is N#C/C=C/c1ccc(O)c2c1C[C@H]1C[C@H]3CC(O)=C(C(N)=O)C(=O)[C@@]3(O)C(O)=C1C2=O. The molecule has 3 atom stereocenters. The Labute approximate surface area is 176 Å². The summed E-state index contributed by atoms with van der Waals surface area (Å²) in [7, 11) is 0. The second-order valence-corrected chi connectivity index (χ2v) is 7.90. The first-order valence-corrected chi connectivity index (χ1v) is 9.51. The molecule has 0 aliphatic heterocycles. The molecule has 0 radical (unpaired) electrons. The number of fused-ring (bicyclic) bond motifs is 3. The maximum atomic E-state index is 13.3. The Hall–Kier alpha value is -3.90.